The molecule has 2 atom stereocenters. The Hall–Kier alpha value is -2.70. The Morgan fingerprint density at radius 3 is 2.62 bits per heavy atom. The lowest BCUT2D eigenvalue weighted by Gasteiger charge is -2.41. The smallest absolute Gasteiger partial charge is 0.264 e. The van der Waals surface area contributed by atoms with Gasteiger partial charge in [0.2, 0.25) is 5.91 Å². The van der Waals surface area contributed by atoms with Crippen LogP contribution in [0.2, 0.25) is 0 Å². The SMILES string of the molecule is O=C[C@@H]1CCCN2C(=O)CCC(NC(=O)c3ccccc3)C(=O)N12. The van der Waals surface area contributed by atoms with Crippen molar-refractivity contribution in [2.75, 3.05) is 6.54 Å². The van der Waals surface area contributed by atoms with Crippen LogP contribution < -0.4 is 5.32 Å². The highest BCUT2D eigenvalue weighted by Crippen LogP contribution is 2.23. The maximum absolute atomic E-state index is 12.8. The second-order valence-corrected chi connectivity index (χ2v) is 5.98. The van der Waals surface area contributed by atoms with E-state index in [1.165, 1.54) is 10.0 Å². The van der Waals surface area contributed by atoms with Crippen LogP contribution >= 0.6 is 0 Å². The highest BCUT2D eigenvalue weighted by molar-refractivity contribution is 5.98. The number of rotatable bonds is 3. The lowest BCUT2D eigenvalue weighted by Crippen LogP contribution is -2.60. The van der Waals surface area contributed by atoms with Crippen LogP contribution in [0, 0.1) is 0 Å². The Labute approximate surface area is 139 Å². The van der Waals surface area contributed by atoms with Gasteiger partial charge in [0.1, 0.15) is 18.4 Å². The molecule has 1 aromatic rings. The average Bonchev–Trinajstić information content (AvgIpc) is 2.74. The molecule has 7 heteroatoms. The summed E-state index contributed by atoms with van der Waals surface area (Å²) in [5.41, 5.74) is 0.448. The highest BCUT2D eigenvalue weighted by Gasteiger charge is 2.41. The van der Waals surface area contributed by atoms with Crippen LogP contribution in [0.3, 0.4) is 0 Å². The normalized spacial score (nSPS) is 24.2. The summed E-state index contributed by atoms with van der Waals surface area (Å²) in [6.07, 6.45) is 2.29. The van der Waals surface area contributed by atoms with E-state index in [1.807, 2.05) is 0 Å². The van der Waals surface area contributed by atoms with E-state index in [-0.39, 0.29) is 24.7 Å². The third-order valence-corrected chi connectivity index (χ3v) is 4.40. The zero-order chi connectivity index (χ0) is 17.1. The fraction of sp³-hybridized carbons (Fsp3) is 0.412. The Bertz CT molecular complexity index is 661. The molecular weight excluding hydrogens is 310 g/mol. The van der Waals surface area contributed by atoms with Gasteiger partial charge >= 0.3 is 0 Å². The van der Waals surface area contributed by atoms with Crippen LogP contribution in [-0.2, 0) is 14.4 Å². The molecule has 0 bridgehead atoms. The van der Waals surface area contributed by atoms with Gasteiger partial charge in [-0.2, -0.15) is 0 Å². The van der Waals surface area contributed by atoms with Crippen molar-refractivity contribution in [3.05, 3.63) is 35.9 Å². The van der Waals surface area contributed by atoms with Gasteiger partial charge in [-0.25, -0.2) is 5.01 Å². The van der Waals surface area contributed by atoms with Gasteiger partial charge in [0, 0.05) is 18.5 Å². The number of nitrogens with one attached hydrogen (secondary N) is 1. The maximum Gasteiger partial charge on any atom is 0.264 e. The van der Waals surface area contributed by atoms with Crippen molar-refractivity contribution in [1.82, 2.24) is 15.3 Å². The van der Waals surface area contributed by atoms with Gasteiger partial charge in [0.05, 0.1) is 0 Å². The number of aldehydes is 1. The molecule has 126 valence electrons. The van der Waals surface area contributed by atoms with Gasteiger partial charge in [0.15, 0.2) is 0 Å². The molecule has 0 saturated carbocycles. The molecular formula is C17H19N3O4. The Balaban J connectivity index is 1.81. The lowest BCUT2D eigenvalue weighted by atomic mass is 10.1. The van der Waals surface area contributed by atoms with Gasteiger partial charge < -0.3 is 10.1 Å². The number of hydrazine groups is 1. The first-order chi connectivity index (χ1) is 11.6. The molecule has 2 aliphatic heterocycles. The number of carbonyl (C=O) groups is 4. The summed E-state index contributed by atoms with van der Waals surface area (Å²) in [4.78, 5) is 48.7. The van der Waals surface area contributed by atoms with Crippen molar-refractivity contribution in [3.8, 4) is 0 Å². The predicted molar refractivity (Wildman–Crippen MR) is 84.6 cm³/mol. The van der Waals surface area contributed by atoms with Crippen molar-refractivity contribution in [1.29, 1.82) is 0 Å². The highest BCUT2D eigenvalue weighted by atomic mass is 16.2. The minimum atomic E-state index is -0.813. The van der Waals surface area contributed by atoms with Gasteiger partial charge in [0.25, 0.3) is 11.8 Å². The molecule has 1 aromatic carbocycles. The van der Waals surface area contributed by atoms with Gasteiger partial charge in [-0.1, -0.05) is 18.2 Å². The summed E-state index contributed by atoms with van der Waals surface area (Å²) in [6, 6.07) is 7.12. The number of nitrogens with zero attached hydrogens (tertiary/aromatic N) is 2. The maximum atomic E-state index is 12.8. The molecule has 0 aromatic heterocycles. The van der Waals surface area contributed by atoms with Crippen LogP contribution in [0.15, 0.2) is 30.3 Å². The summed E-state index contributed by atoms with van der Waals surface area (Å²) in [5.74, 6) is -0.956. The van der Waals surface area contributed by atoms with Crippen LogP contribution in [0.5, 0.6) is 0 Å². The van der Waals surface area contributed by atoms with E-state index >= 15 is 0 Å². The van der Waals surface area contributed by atoms with Gasteiger partial charge in [-0.05, 0) is 31.4 Å². The van der Waals surface area contributed by atoms with E-state index in [4.69, 9.17) is 0 Å². The second kappa shape index (κ2) is 6.82. The van der Waals surface area contributed by atoms with Crippen LogP contribution in [0.1, 0.15) is 36.0 Å². The summed E-state index contributed by atoms with van der Waals surface area (Å²) in [7, 11) is 0. The molecule has 3 rings (SSSR count). The molecule has 7 nitrogen and oxygen atoms in total. The number of hydrogen-bond acceptors (Lipinski definition) is 4. The van der Waals surface area contributed by atoms with Crippen molar-refractivity contribution in [2.45, 2.75) is 37.8 Å². The van der Waals surface area contributed by atoms with E-state index in [2.05, 4.69) is 5.32 Å². The molecule has 2 heterocycles. The molecule has 3 amide bonds. The summed E-state index contributed by atoms with van der Waals surface area (Å²) >= 11 is 0. The molecule has 1 N–H and O–H groups in total. The van der Waals surface area contributed by atoms with Crippen molar-refractivity contribution in [2.24, 2.45) is 0 Å². The Morgan fingerprint density at radius 1 is 1.17 bits per heavy atom. The number of benzene rings is 1. The third-order valence-electron chi connectivity index (χ3n) is 4.40. The molecule has 0 radical (unpaired) electrons. The monoisotopic (exact) mass is 329 g/mol. The number of amides is 3. The molecule has 24 heavy (non-hydrogen) atoms. The lowest BCUT2D eigenvalue weighted by molar-refractivity contribution is -0.173. The quantitative estimate of drug-likeness (QED) is 0.819. The number of hydrogen-bond donors (Lipinski definition) is 1. The fourth-order valence-electron chi connectivity index (χ4n) is 3.16. The van der Waals surface area contributed by atoms with Gasteiger partial charge in [-0.15, -0.1) is 0 Å². The van der Waals surface area contributed by atoms with E-state index in [1.54, 1.807) is 30.3 Å². The van der Waals surface area contributed by atoms with Crippen LogP contribution in [-0.4, -0.2) is 52.7 Å². The topological polar surface area (TPSA) is 86.8 Å². The predicted octanol–water partition coefficient (Wildman–Crippen LogP) is 0.512. The van der Waals surface area contributed by atoms with Crippen LogP contribution in [0.25, 0.3) is 0 Å². The summed E-state index contributed by atoms with van der Waals surface area (Å²) in [5, 5.41) is 5.30. The van der Waals surface area contributed by atoms with E-state index in [0.29, 0.717) is 31.2 Å². The minimum absolute atomic E-state index is 0.160. The Morgan fingerprint density at radius 2 is 1.92 bits per heavy atom. The van der Waals surface area contributed by atoms with Crippen molar-refractivity contribution >= 4 is 24.0 Å². The molecule has 2 aliphatic rings. The average molecular weight is 329 g/mol. The van der Waals surface area contributed by atoms with E-state index in [9.17, 15) is 19.2 Å². The molecule has 0 spiro atoms. The molecule has 2 saturated heterocycles. The first kappa shape index (κ1) is 16.2. The standard InChI is InChI=1S/C17H19N3O4/c21-11-13-7-4-10-19-15(22)9-8-14(17(24)20(13)19)18-16(23)12-5-2-1-3-6-12/h1-3,5-6,11,13-14H,4,7-10H2,(H,18,23)/t13-,14?/m0/s1. The number of fused-ring (bicyclic) bond motifs is 1. The van der Waals surface area contributed by atoms with Crippen molar-refractivity contribution in [3.63, 3.8) is 0 Å². The fourth-order valence-corrected chi connectivity index (χ4v) is 3.16. The summed E-state index contributed by atoms with van der Waals surface area (Å²) < 4.78 is 0. The molecule has 1 unspecified atom stereocenters. The second-order valence-electron chi connectivity index (χ2n) is 5.98. The largest absolute Gasteiger partial charge is 0.340 e. The zero-order valence-corrected chi connectivity index (χ0v) is 13.2. The molecule has 2 fully saturated rings. The van der Waals surface area contributed by atoms with E-state index in [0.717, 1.165) is 0 Å². The van der Waals surface area contributed by atoms with Crippen molar-refractivity contribution < 1.29 is 19.2 Å². The first-order valence-electron chi connectivity index (χ1n) is 8.06. The van der Waals surface area contributed by atoms with Gasteiger partial charge in [-0.3, -0.25) is 19.4 Å². The summed E-state index contributed by atoms with van der Waals surface area (Å²) in [6.45, 7) is 0.425. The Kier molecular flexibility index (Phi) is 4.59. The zero-order valence-electron chi connectivity index (χ0n) is 13.2. The number of carbonyl (C=O) groups excluding carboxylic acids is 4. The molecule has 0 aliphatic carbocycles. The first-order valence-corrected chi connectivity index (χ1v) is 8.06. The third kappa shape index (κ3) is 3.02. The van der Waals surface area contributed by atoms with E-state index < -0.39 is 18.0 Å². The minimum Gasteiger partial charge on any atom is -0.340 e. The van der Waals surface area contributed by atoms with Crippen LogP contribution in [0.4, 0.5) is 0 Å².